The van der Waals surface area contributed by atoms with Crippen molar-refractivity contribution in [2.45, 2.75) is 13.0 Å². The number of rotatable bonds is 4. The number of hydrogen-bond donors (Lipinski definition) is 0. The molecule has 0 spiro atoms. The molecule has 0 amide bonds. The van der Waals surface area contributed by atoms with Gasteiger partial charge in [0.2, 0.25) is 0 Å². The number of para-hydroxylation sites is 3. The lowest BCUT2D eigenvalue weighted by molar-refractivity contribution is 0.666. The Morgan fingerprint density at radius 2 is 1.70 bits per heavy atom. The largest absolute Gasteiger partial charge is 0.412 e. The summed E-state index contributed by atoms with van der Waals surface area (Å²) in [5.74, 6) is 1.07. The Hall–Kier alpha value is -2.92. The highest BCUT2D eigenvalue weighted by Gasteiger charge is 2.11. The summed E-state index contributed by atoms with van der Waals surface area (Å²) in [5, 5.41) is 0. The molecule has 5 nitrogen and oxygen atoms in total. The fourth-order valence-electron chi connectivity index (χ4n) is 2.76. The van der Waals surface area contributed by atoms with Gasteiger partial charge in [-0.1, -0.05) is 30.3 Å². The summed E-state index contributed by atoms with van der Waals surface area (Å²) in [7, 11) is 0. The molecule has 0 saturated heterocycles. The van der Waals surface area contributed by atoms with Crippen molar-refractivity contribution < 1.29 is 5.48 Å². The maximum atomic E-state index is 4.82. The van der Waals surface area contributed by atoms with Crippen LogP contribution in [0.25, 0.3) is 16.7 Å². The second-order valence-corrected chi connectivity index (χ2v) is 5.24. The minimum Gasteiger partial charge on any atom is -0.412 e. The van der Waals surface area contributed by atoms with Crippen LogP contribution in [0.15, 0.2) is 73.3 Å². The summed E-state index contributed by atoms with van der Waals surface area (Å²) in [4.78, 5) is 8.91. The Labute approximate surface area is 134 Å². The molecular weight excluding hydrogens is 288 g/mol. The van der Waals surface area contributed by atoms with Crippen LogP contribution >= 0.6 is 0 Å². The van der Waals surface area contributed by atoms with E-state index in [4.69, 9.17) is 4.98 Å². The Balaban J connectivity index is 0.00000156. The van der Waals surface area contributed by atoms with E-state index >= 15 is 0 Å². The van der Waals surface area contributed by atoms with Crippen LogP contribution in [-0.4, -0.2) is 24.6 Å². The minimum atomic E-state index is 0. The Bertz CT molecular complexity index is 882. The van der Waals surface area contributed by atoms with Crippen LogP contribution in [0, 0.1) is 0 Å². The molecule has 0 saturated carbocycles. The first-order chi connectivity index (χ1) is 10.9. The van der Waals surface area contributed by atoms with Crippen molar-refractivity contribution in [2.75, 3.05) is 0 Å². The van der Waals surface area contributed by atoms with Crippen LogP contribution in [0.2, 0.25) is 0 Å². The molecule has 2 N–H and O–H groups in total. The van der Waals surface area contributed by atoms with E-state index in [0.717, 1.165) is 35.5 Å². The zero-order chi connectivity index (χ0) is 14.8. The van der Waals surface area contributed by atoms with E-state index in [2.05, 4.69) is 56.6 Å². The molecule has 2 heterocycles. The van der Waals surface area contributed by atoms with Crippen LogP contribution in [0.3, 0.4) is 0 Å². The molecule has 5 heteroatoms. The quantitative estimate of drug-likeness (QED) is 0.581. The normalized spacial score (nSPS) is 10.6. The molecular formula is C18H18N4O. The van der Waals surface area contributed by atoms with Crippen LogP contribution in [0.4, 0.5) is 0 Å². The predicted octanol–water partition coefficient (Wildman–Crippen LogP) is 2.64. The predicted molar refractivity (Wildman–Crippen MR) is 90.6 cm³/mol. The van der Waals surface area contributed by atoms with E-state index in [-0.39, 0.29) is 5.48 Å². The first-order valence-corrected chi connectivity index (χ1v) is 7.39. The summed E-state index contributed by atoms with van der Waals surface area (Å²) >= 11 is 0. The summed E-state index contributed by atoms with van der Waals surface area (Å²) < 4.78 is 4.32. The Morgan fingerprint density at radius 3 is 2.48 bits per heavy atom. The number of imidazole rings is 2. The monoisotopic (exact) mass is 306 g/mol. The highest BCUT2D eigenvalue weighted by atomic mass is 16.0. The van der Waals surface area contributed by atoms with Crippen molar-refractivity contribution in [3.63, 3.8) is 0 Å². The van der Waals surface area contributed by atoms with Crippen molar-refractivity contribution in [1.29, 1.82) is 0 Å². The zero-order valence-electron chi connectivity index (χ0n) is 12.6. The standard InChI is InChI=1S/C18H16N4.H2O/c1-2-6-15(7-3-1)22-17-9-5-4-8-16(17)20-18(22)10-12-21-13-11-19-14-21;/h1-9,11,13-14H,10,12H2;1H2. The molecule has 4 rings (SSSR count). The molecule has 2 aromatic carbocycles. The van der Waals surface area contributed by atoms with E-state index in [1.165, 1.54) is 0 Å². The number of aromatic nitrogens is 4. The highest BCUT2D eigenvalue weighted by molar-refractivity contribution is 5.78. The van der Waals surface area contributed by atoms with Gasteiger partial charge in [-0.25, -0.2) is 9.97 Å². The smallest absolute Gasteiger partial charge is 0.116 e. The molecule has 2 aromatic heterocycles. The van der Waals surface area contributed by atoms with Crippen LogP contribution < -0.4 is 0 Å². The molecule has 116 valence electrons. The summed E-state index contributed by atoms with van der Waals surface area (Å²) in [6, 6.07) is 18.7. The third kappa shape index (κ3) is 2.86. The first-order valence-electron chi connectivity index (χ1n) is 7.39. The van der Waals surface area contributed by atoms with E-state index in [0.29, 0.717) is 0 Å². The summed E-state index contributed by atoms with van der Waals surface area (Å²) in [6.45, 7) is 0.871. The van der Waals surface area contributed by atoms with Gasteiger partial charge in [-0.3, -0.25) is 4.57 Å². The molecule has 0 aliphatic heterocycles. The van der Waals surface area contributed by atoms with E-state index in [1.54, 1.807) is 6.20 Å². The van der Waals surface area contributed by atoms with Gasteiger partial charge in [0.05, 0.1) is 17.4 Å². The Morgan fingerprint density at radius 1 is 0.913 bits per heavy atom. The lowest BCUT2D eigenvalue weighted by Gasteiger charge is -2.09. The average molecular weight is 306 g/mol. The SMILES string of the molecule is O.c1ccc(-n2c(CCn3ccnc3)nc3ccccc32)cc1. The maximum absolute atomic E-state index is 4.82. The van der Waals surface area contributed by atoms with Gasteiger partial charge in [0.1, 0.15) is 5.82 Å². The fourth-order valence-corrected chi connectivity index (χ4v) is 2.76. The zero-order valence-corrected chi connectivity index (χ0v) is 12.6. The van der Waals surface area contributed by atoms with Gasteiger partial charge in [0.25, 0.3) is 0 Å². The number of hydrogen-bond acceptors (Lipinski definition) is 2. The Kier molecular flexibility index (Phi) is 4.21. The van der Waals surface area contributed by atoms with Crippen LogP contribution in [0.1, 0.15) is 5.82 Å². The van der Waals surface area contributed by atoms with E-state index in [1.807, 2.05) is 24.7 Å². The van der Waals surface area contributed by atoms with Crippen molar-refractivity contribution in [2.24, 2.45) is 0 Å². The van der Waals surface area contributed by atoms with Crippen LogP contribution in [-0.2, 0) is 13.0 Å². The lowest BCUT2D eigenvalue weighted by atomic mass is 10.2. The molecule has 0 aliphatic rings. The van der Waals surface area contributed by atoms with Gasteiger partial charge < -0.3 is 10.0 Å². The van der Waals surface area contributed by atoms with E-state index in [9.17, 15) is 0 Å². The third-order valence-electron chi connectivity index (χ3n) is 3.80. The van der Waals surface area contributed by atoms with Crippen molar-refractivity contribution in [3.8, 4) is 5.69 Å². The highest BCUT2D eigenvalue weighted by Crippen LogP contribution is 2.21. The second-order valence-electron chi connectivity index (χ2n) is 5.24. The molecule has 4 aromatic rings. The third-order valence-corrected chi connectivity index (χ3v) is 3.80. The number of fused-ring (bicyclic) bond motifs is 1. The first kappa shape index (κ1) is 15.0. The molecule has 0 unspecified atom stereocenters. The molecule has 0 aliphatic carbocycles. The van der Waals surface area contributed by atoms with Crippen molar-refractivity contribution >= 4 is 11.0 Å². The molecule has 0 radical (unpaired) electrons. The summed E-state index contributed by atoms with van der Waals surface area (Å²) in [6.07, 6.45) is 6.49. The topological polar surface area (TPSA) is 67.1 Å². The van der Waals surface area contributed by atoms with Gasteiger partial charge in [0, 0.05) is 31.0 Å². The van der Waals surface area contributed by atoms with Gasteiger partial charge in [-0.15, -0.1) is 0 Å². The summed E-state index contributed by atoms with van der Waals surface area (Å²) in [5.41, 5.74) is 3.33. The minimum absolute atomic E-state index is 0. The number of aryl methyl sites for hydroxylation is 2. The molecule has 23 heavy (non-hydrogen) atoms. The second kappa shape index (κ2) is 6.46. The number of benzene rings is 2. The fraction of sp³-hybridized carbons (Fsp3) is 0.111. The van der Waals surface area contributed by atoms with E-state index < -0.39 is 0 Å². The number of nitrogens with zero attached hydrogens (tertiary/aromatic N) is 4. The lowest BCUT2D eigenvalue weighted by Crippen LogP contribution is -2.06. The van der Waals surface area contributed by atoms with Gasteiger partial charge >= 0.3 is 0 Å². The van der Waals surface area contributed by atoms with Gasteiger partial charge in [0.15, 0.2) is 0 Å². The maximum Gasteiger partial charge on any atom is 0.116 e. The van der Waals surface area contributed by atoms with Crippen LogP contribution in [0.5, 0.6) is 0 Å². The van der Waals surface area contributed by atoms with Gasteiger partial charge in [-0.05, 0) is 24.3 Å². The molecule has 0 atom stereocenters. The van der Waals surface area contributed by atoms with Gasteiger partial charge in [-0.2, -0.15) is 0 Å². The molecule has 0 fully saturated rings. The molecule has 0 bridgehead atoms. The van der Waals surface area contributed by atoms with Crippen molar-refractivity contribution in [3.05, 3.63) is 79.1 Å². The average Bonchev–Trinajstić information content (AvgIpc) is 3.21. The van der Waals surface area contributed by atoms with Crippen molar-refractivity contribution in [1.82, 2.24) is 19.1 Å².